The lowest BCUT2D eigenvalue weighted by Crippen LogP contribution is -2.48. The van der Waals surface area contributed by atoms with Crippen LogP contribution in [0.25, 0.3) is 0 Å². The highest BCUT2D eigenvalue weighted by Crippen LogP contribution is 2.16. The summed E-state index contributed by atoms with van der Waals surface area (Å²) < 4.78 is 52.5. The highest BCUT2D eigenvalue weighted by atomic mass is 19.4. The molecule has 0 spiro atoms. The van der Waals surface area contributed by atoms with Crippen molar-refractivity contribution in [1.82, 2.24) is 5.32 Å². The van der Waals surface area contributed by atoms with Gasteiger partial charge in [0, 0.05) is 0 Å². The van der Waals surface area contributed by atoms with E-state index in [2.05, 4.69) is 0 Å². The Morgan fingerprint density at radius 1 is 1.07 bits per heavy atom. The number of halogens is 3. The molecule has 1 rings (SSSR count). The number of ether oxygens (including phenoxy) is 3. The monoisotopic (exact) mass is 431 g/mol. The molecule has 0 aliphatic carbocycles. The summed E-state index contributed by atoms with van der Waals surface area (Å²) in [5.41, 5.74) is -0.663. The van der Waals surface area contributed by atoms with Crippen LogP contribution in [0.15, 0.2) is 36.4 Å². The Hall–Kier alpha value is -3.04. The van der Waals surface area contributed by atoms with E-state index >= 15 is 0 Å². The van der Waals surface area contributed by atoms with Crippen molar-refractivity contribution in [3.63, 3.8) is 0 Å². The summed E-state index contributed by atoms with van der Waals surface area (Å²) in [6.07, 6.45) is -2.76. The van der Waals surface area contributed by atoms with Gasteiger partial charge in [0.1, 0.15) is 24.0 Å². The summed E-state index contributed by atoms with van der Waals surface area (Å²) in [6, 6.07) is 4.64. The van der Waals surface area contributed by atoms with Gasteiger partial charge in [0.2, 0.25) is 0 Å². The maximum Gasteiger partial charge on any atom is 0.471 e. The van der Waals surface area contributed by atoms with Gasteiger partial charge in [0.25, 0.3) is 0 Å². The SMILES string of the molecule is COc1ccc(C(=O)OC/C=C\CC(NC(=O)C(F)(F)F)C(=O)OC(C)(C)C)cc1. The summed E-state index contributed by atoms with van der Waals surface area (Å²) in [6.45, 7) is 4.45. The summed E-state index contributed by atoms with van der Waals surface area (Å²) in [5, 5.41) is 1.61. The zero-order valence-electron chi connectivity index (χ0n) is 17.0. The van der Waals surface area contributed by atoms with E-state index in [4.69, 9.17) is 14.2 Å². The van der Waals surface area contributed by atoms with Crippen molar-refractivity contribution in [2.24, 2.45) is 0 Å². The molecule has 7 nitrogen and oxygen atoms in total. The maximum absolute atomic E-state index is 12.5. The van der Waals surface area contributed by atoms with E-state index < -0.39 is 35.7 Å². The third-order valence-electron chi connectivity index (χ3n) is 3.43. The molecule has 0 aliphatic heterocycles. The first-order valence-electron chi connectivity index (χ1n) is 8.90. The number of nitrogens with one attached hydrogen (secondary N) is 1. The normalized spacial score (nSPS) is 12.9. The second kappa shape index (κ2) is 10.7. The number of carbonyl (C=O) groups excluding carboxylic acids is 3. The molecule has 10 heteroatoms. The Bertz CT molecular complexity index is 766. The van der Waals surface area contributed by atoms with Gasteiger partial charge in [-0.25, -0.2) is 9.59 Å². The minimum atomic E-state index is -5.14. The van der Waals surface area contributed by atoms with Gasteiger partial charge in [0.15, 0.2) is 0 Å². The van der Waals surface area contributed by atoms with Crippen LogP contribution in [0.2, 0.25) is 0 Å². The molecule has 1 amide bonds. The number of esters is 2. The van der Waals surface area contributed by atoms with Gasteiger partial charge in [-0.05, 0) is 51.5 Å². The molecule has 166 valence electrons. The fourth-order valence-corrected chi connectivity index (χ4v) is 2.06. The second-order valence-corrected chi connectivity index (χ2v) is 7.09. The van der Waals surface area contributed by atoms with Gasteiger partial charge >= 0.3 is 24.0 Å². The van der Waals surface area contributed by atoms with Crippen LogP contribution in [-0.2, 0) is 19.1 Å². The van der Waals surface area contributed by atoms with Crippen LogP contribution >= 0.6 is 0 Å². The average Bonchev–Trinajstić information content (AvgIpc) is 2.64. The fraction of sp³-hybridized carbons (Fsp3) is 0.450. The number of carbonyl (C=O) groups is 3. The van der Waals surface area contributed by atoms with Crippen LogP contribution in [0.3, 0.4) is 0 Å². The van der Waals surface area contributed by atoms with Crippen LogP contribution in [-0.4, -0.2) is 49.4 Å². The van der Waals surface area contributed by atoms with Crippen LogP contribution in [0.1, 0.15) is 37.6 Å². The minimum absolute atomic E-state index is 0.181. The Kier molecular flexibility index (Phi) is 8.88. The van der Waals surface area contributed by atoms with Crippen LogP contribution in [0.4, 0.5) is 13.2 Å². The molecule has 1 unspecified atom stereocenters. The predicted octanol–water partition coefficient (Wildman–Crippen LogP) is 3.19. The Morgan fingerprint density at radius 3 is 2.17 bits per heavy atom. The maximum atomic E-state index is 12.5. The van der Waals surface area contributed by atoms with Gasteiger partial charge in [-0.15, -0.1) is 0 Å². The van der Waals surface area contributed by atoms with Gasteiger partial charge in [-0.3, -0.25) is 4.79 Å². The van der Waals surface area contributed by atoms with Crippen molar-refractivity contribution >= 4 is 17.8 Å². The Balaban J connectivity index is 2.65. The number of hydrogen-bond acceptors (Lipinski definition) is 6. The van der Waals surface area contributed by atoms with Gasteiger partial charge in [0.05, 0.1) is 12.7 Å². The first-order valence-corrected chi connectivity index (χ1v) is 8.90. The molecule has 1 aromatic carbocycles. The van der Waals surface area contributed by atoms with Crippen molar-refractivity contribution in [3.8, 4) is 5.75 Å². The molecule has 0 radical (unpaired) electrons. The zero-order valence-corrected chi connectivity index (χ0v) is 17.0. The highest BCUT2D eigenvalue weighted by Gasteiger charge is 2.41. The van der Waals surface area contributed by atoms with Crippen LogP contribution in [0.5, 0.6) is 5.75 Å². The van der Waals surface area contributed by atoms with E-state index in [1.165, 1.54) is 31.4 Å². The molecule has 1 aromatic rings. The number of alkyl halides is 3. The molecule has 0 saturated carbocycles. The number of benzene rings is 1. The van der Waals surface area contributed by atoms with E-state index in [9.17, 15) is 27.6 Å². The highest BCUT2D eigenvalue weighted by molar-refractivity contribution is 5.89. The van der Waals surface area contributed by atoms with Crippen molar-refractivity contribution in [2.75, 3.05) is 13.7 Å². The largest absolute Gasteiger partial charge is 0.497 e. The molecule has 0 bridgehead atoms. The summed E-state index contributed by atoms with van der Waals surface area (Å²) in [4.78, 5) is 35.2. The lowest BCUT2D eigenvalue weighted by Gasteiger charge is -2.24. The van der Waals surface area contributed by atoms with Gasteiger partial charge in [-0.2, -0.15) is 13.2 Å². The molecule has 0 aliphatic rings. The Labute approximate surface area is 172 Å². The first kappa shape index (κ1) is 25.0. The Morgan fingerprint density at radius 2 is 1.67 bits per heavy atom. The van der Waals surface area contributed by atoms with Crippen molar-refractivity contribution < 1.29 is 41.8 Å². The molecule has 0 heterocycles. The van der Waals surface area contributed by atoms with E-state index in [1.807, 2.05) is 0 Å². The topological polar surface area (TPSA) is 90.9 Å². The molecule has 0 saturated heterocycles. The van der Waals surface area contributed by atoms with Crippen molar-refractivity contribution in [3.05, 3.63) is 42.0 Å². The summed E-state index contributed by atoms with van der Waals surface area (Å²) >= 11 is 0. The summed E-state index contributed by atoms with van der Waals surface area (Å²) in [5.74, 6) is -3.31. The molecule has 0 fully saturated rings. The van der Waals surface area contributed by atoms with Crippen LogP contribution in [0, 0.1) is 0 Å². The summed E-state index contributed by atoms with van der Waals surface area (Å²) in [7, 11) is 1.49. The molecule has 30 heavy (non-hydrogen) atoms. The minimum Gasteiger partial charge on any atom is -0.497 e. The van der Waals surface area contributed by atoms with E-state index in [1.54, 1.807) is 38.2 Å². The van der Waals surface area contributed by atoms with Crippen molar-refractivity contribution in [2.45, 2.75) is 45.0 Å². The zero-order chi connectivity index (χ0) is 22.9. The molecule has 1 atom stereocenters. The quantitative estimate of drug-likeness (QED) is 0.502. The average molecular weight is 431 g/mol. The fourth-order valence-electron chi connectivity index (χ4n) is 2.06. The molecule has 1 N–H and O–H groups in total. The lowest BCUT2D eigenvalue weighted by atomic mass is 10.1. The lowest BCUT2D eigenvalue weighted by molar-refractivity contribution is -0.177. The van der Waals surface area contributed by atoms with Crippen molar-refractivity contribution in [1.29, 1.82) is 0 Å². The number of amides is 1. The smallest absolute Gasteiger partial charge is 0.471 e. The third-order valence-corrected chi connectivity index (χ3v) is 3.43. The van der Waals surface area contributed by atoms with Crippen LogP contribution < -0.4 is 10.1 Å². The van der Waals surface area contributed by atoms with E-state index in [-0.39, 0.29) is 18.6 Å². The van der Waals surface area contributed by atoms with E-state index in [0.29, 0.717) is 5.75 Å². The third kappa shape index (κ3) is 8.97. The number of methoxy groups -OCH3 is 1. The second-order valence-electron chi connectivity index (χ2n) is 7.09. The molecular weight excluding hydrogens is 407 g/mol. The van der Waals surface area contributed by atoms with Gasteiger partial charge < -0.3 is 19.5 Å². The number of rotatable bonds is 8. The molecular formula is C20H24F3NO6. The van der Waals surface area contributed by atoms with E-state index in [0.717, 1.165) is 0 Å². The standard InChI is InChI=1S/C20H24F3NO6/c1-19(2,3)30-17(26)15(24-18(27)20(21,22)23)7-5-6-12-29-16(25)13-8-10-14(28-4)11-9-13/h5-6,8-11,15H,7,12H2,1-4H3,(H,24,27)/b6-5-. The van der Waals surface area contributed by atoms with Gasteiger partial charge in [-0.1, -0.05) is 12.2 Å². The number of hydrogen-bond donors (Lipinski definition) is 1. The first-order chi connectivity index (χ1) is 13.8. The molecule has 0 aromatic heterocycles. The predicted molar refractivity (Wildman–Crippen MR) is 101 cm³/mol.